The van der Waals surface area contributed by atoms with Crippen molar-refractivity contribution in [1.82, 2.24) is 15.1 Å². The van der Waals surface area contributed by atoms with Gasteiger partial charge in [-0.2, -0.15) is 0 Å². The van der Waals surface area contributed by atoms with Gasteiger partial charge >= 0.3 is 12.0 Å². The Labute approximate surface area is 123 Å². The Morgan fingerprint density at radius 2 is 1.62 bits per heavy atom. The first-order valence-corrected chi connectivity index (χ1v) is 6.57. The summed E-state index contributed by atoms with van der Waals surface area (Å²) in [6, 6.07) is -1.66. The lowest BCUT2D eigenvalue weighted by atomic mass is 10.3. The molecule has 0 radical (unpaired) electrons. The number of carboxylic acids is 1. The first-order valence-electron chi connectivity index (χ1n) is 6.57. The minimum absolute atomic E-state index is 0.289. The standard InChI is InChI=1S/C12H22N4O5/c1-4-15(5-2)11(20)8(3)14-12(21)16(6-9(13)17)7-10(18)19/h8H,4-7H2,1-3H3,(H2,13,17)(H,14,21)(H,18,19). The summed E-state index contributed by atoms with van der Waals surface area (Å²) >= 11 is 0. The highest BCUT2D eigenvalue weighted by Crippen LogP contribution is 1.97. The van der Waals surface area contributed by atoms with Crippen molar-refractivity contribution < 1.29 is 24.3 Å². The van der Waals surface area contributed by atoms with Gasteiger partial charge in [0.1, 0.15) is 19.1 Å². The fraction of sp³-hybridized carbons (Fsp3) is 0.667. The molecule has 4 amide bonds. The molecule has 4 N–H and O–H groups in total. The molecule has 0 saturated carbocycles. The second kappa shape index (κ2) is 8.77. The molecule has 0 saturated heterocycles. The molecule has 0 aliphatic heterocycles. The third-order valence-corrected chi connectivity index (χ3v) is 2.75. The van der Waals surface area contributed by atoms with Crippen molar-refractivity contribution in [2.24, 2.45) is 5.73 Å². The second-order valence-corrected chi connectivity index (χ2v) is 4.40. The van der Waals surface area contributed by atoms with Crippen LogP contribution in [0.1, 0.15) is 20.8 Å². The van der Waals surface area contributed by atoms with E-state index in [1.807, 2.05) is 0 Å². The van der Waals surface area contributed by atoms with Gasteiger partial charge < -0.3 is 26.0 Å². The van der Waals surface area contributed by atoms with Crippen LogP contribution >= 0.6 is 0 Å². The topological polar surface area (TPSA) is 133 Å². The first-order chi connectivity index (χ1) is 9.72. The molecule has 21 heavy (non-hydrogen) atoms. The van der Waals surface area contributed by atoms with E-state index in [4.69, 9.17) is 10.8 Å². The molecule has 0 spiro atoms. The van der Waals surface area contributed by atoms with E-state index in [1.54, 1.807) is 13.8 Å². The molecular formula is C12H22N4O5. The molecule has 0 heterocycles. The van der Waals surface area contributed by atoms with Gasteiger partial charge in [0.2, 0.25) is 11.8 Å². The maximum absolute atomic E-state index is 12.0. The quantitative estimate of drug-likeness (QED) is 0.519. The van der Waals surface area contributed by atoms with Crippen molar-refractivity contribution in [3.8, 4) is 0 Å². The number of nitrogens with zero attached hydrogens (tertiary/aromatic N) is 2. The van der Waals surface area contributed by atoms with Crippen LogP contribution in [-0.4, -0.2) is 70.9 Å². The molecule has 1 unspecified atom stereocenters. The molecule has 9 nitrogen and oxygen atoms in total. The number of carbonyl (C=O) groups is 4. The Morgan fingerprint density at radius 3 is 2.00 bits per heavy atom. The molecule has 0 aliphatic rings. The van der Waals surface area contributed by atoms with Crippen molar-refractivity contribution in [2.45, 2.75) is 26.8 Å². The number of nitrogens with two attached hydrogens (primary N) is 1. The summed E-state index contributed by atoms with van der Waals surface area (Å²) in [4.78, 5) is 47.7. The van der Waals surface area contributed by atoms with Gasteiger partial charge in [0.25, 0.3) is 0 Å². The monoisotopic (exact) mass is 302 g/mol. The lowest BCUT2D eigenvalue weighted by Crippen LogP contribution is -2.53. The van der Waals surface area contributed by atoms with E-state index in [-0.39, 0.29) is 5.91 Å². The molecule has 120 valence electrons. The highest BCUT2D eigenvalue weighted by Gasteiger charge is 2.24. The van der Waals surface area contributed by atoms with E-state index >= 15 is 0 Å². The van der Waals surface area contributed by atoms with Crippen molar-refractivity contribution in [3.05, 3.63) is 0 Å². The Morgan fingerprint density at radius 1 is 1.10 bits per heavy atom. The molecule has 1 atom stereocenters. The van der Waals surface area contributed by atoms with Gasteiger partial charge in [-0.3, -0.25) is 14.4 Å². The van der Waals surface area contributed by atoms with Crippen molar-refractivity contribution >= 4 is 23.8 Å². The number of carboxylic acid groups (broad SMARTS) is 1. The van der Waals surface area contributed by atoms with Gasteiger partial charge in [-0.1, -0.05) is 0 Å². The van der Waals surface area contributed by atoms with Crippen LogP contribution in [0.25, 0.3) is 0 Å². The molecule has 0 fully saturated rings. The van der Waals surface area contributed by atoms with Crippen LogP contribution in [0.5, 0.6) is 0 Å². The number of carbonyl (C=O) groups excluding carboxylic acids is 3. The summed E-state index contributed by atoms with van der Waals surface area (Å²) in [6.07, 6.45) is 0. The van der Waals surface area contributed by atoms with E-state index in [0.29, 0.717) is 13.1 Å². The zero-order valence-corrected chi connectivity index (χ0v) is 12.5. The molecule has 0 aromatic carbocycles. The van der Waals surface area contributed by atoms with Gasteiger partial charge in [-0.15, -0.1) is 0 Å². The normalized spacial score (nSPS) is 11.4. The predicted molar refractivity (Wildman–Crippen MR) is 74.3 cm³/mol. The molecule has 0 rings (SSSR count). The van der Waals surface area contributed by atoms with Gasteiger partial charge in [-0.05, 0) is 20.8 Å². The second-order valence-electron chi connectivity index (χ2n) is 4.40. The smallest absolute Gasteiger partial charge is 0.323 e. The fourth-order valence-electron chi connectivity index (χ4n) is 1.70. The molecule has 0 aromatic heterocycles. The van der Waals surface area contributed by atoms with E-state index in [0.717, 1.165) is 4.90 Å². The zero-order valence-electron chi connectivity index (χ0n) is 12.5. The summed E-state index contributed by atoms with van der Waals surface area (Å²) in [5.41, 5.74) is 4.96. The number of nitrogens with one attached hydrogen (secondary N) is 1. The average Bonchev–Trinajstić information content (AvgIpc) is 2.37. The highest BCUT2D eigenvalue weighted by atomic mass is 16.4. The summed E-state index contributed by atoms with van der Waals surface area (Å²) in [7, 11) is 0. The number of hydrogen-bond acceptors (Lipinski definition) is 4. The van der Waals surface area contributed by atoms with E-state index in [9.17, 15) is 19.2 Å². The number of primary amides is 1. The lowest BCUT2D eigenvalue weighted by Gasteiger charge is -2.26. The maximum atomic E-state index is 12.0. The number of amides is 4. The van der Waals surface area contributed by atoms with Crippen LogP contribution in [-0.2, 0) is 14.4 Å². The Balaban J connectivity index is 4.76. The van der Waals surface area contributed by atoms with E-state index < -0.39 is 37.0 Å². The van der Waals surface area contributed by atoms with Crippen LogP contribution in [0.2, 0.25) is 0 Å². The Kier molecular flexibility index (Phi) is 7.80. The third-order valence-electron chi connectivity index (χ3n) is 2.75. The molecule has 0 bridgehead atoms. The van der Waals surface area contributed by atoms with Crippen molar-refractivity contribution in [1.29, 1.82) is 0 Å². The van der Waals surface area contributed by atoms with Gasteiger partial charge in [0.15, 0.2) is 0 Å². The Hall–Kier alpha value is -2.32. The van der Waals surface area contributed by atoms with Crippen LogP contribution in [0, 0.1) is 0 Å². The Bertz CT molecular complexity index is 392. The summed E-state index contributed by atoms with van der Waals surface area (Å²) in [5.74, 6) is -2.41. The zero-order chi connectivity index (χ0) is 16.6. The molecule has 0 aliphatic carbocycles. The predicted octanol–water partition coefficient (Wildman–Crippen LogP) is -1.18. The number of aliphatic carboxylic acids is 1. The summed E-state index contributed by atoms with van der Waals surface area (Å²) in [5, 5.41) is 11.1. The minimum Gasteiger partial charge on any atom is -0.480 e. The first kappa shape index (κ1) is 18.7. The van der Waals surface area contributed by atoms with Gasteiger partial charge in [-0.25, -0.2) is 4.79 Å². The summed E-state index contributed by atoms with van der Waals surface area (Å²) < 4.78 is 0. The number of hydrogen-bond donors (Lipinski definition) is 3. The van der Waals surface area contributed by atoms with Crippen LogP contribution in [0.3, 0.4) is 0 Å². The van der Waals surface area contributed by atoms with E-state index in [2.05, 4.69) is 5.32 Å². The molecule has 0 aromatic rings. The van der Waals surface area contributed by atoms with Gasteiger partial charge in [0.05, 0.1) is 0 Å². The van der Waals surface area contributed by atoms with Gasteiger partial charge in [0, 0.05) is 13.1 Å². The van der Waals surface area contributed by atoms with Crippen molar-refractivity contribution in [3.63, 3.8) is 0 Å². The maximum Gasteiger partial charge on any atom is 0.323 e. The van der Waals surface area contributed by atoms with Crippen LogP contribution < -0.4 is 11.1 Å². The lowest BCUT2D eigenvalue weighted by molar-refractivity contribution is -0.137. The average molecular weight is 302 g/mol. The third kappa shape index (κ3) is 6.59. The number of urea groups is 1. The summed E-state index contributed by atoms with van der Waals surface area (Å²) in [6.45, 7) is 4.87. The van der Waals surface area contributed by atoms with Crippen LogP contribution in [0.15, 0.2) is 0 Å². The minimum atomic E-state index is -1.28. The number of likely N-dealkylation sites (N-methyl/N-ethyl adjacent to an activating group) is 1. The molecule has 9 heteroatoms. The van der Waals surface area contributed by atoms with Crippen molar-refractivity contribution in [2.75, 3.05) is 26.2 Å². The SMILES string of the molecule is CCN(CC)C(=O)C(C)NC(=O)N(CC(N)=O)CC(=O)O. The number of rotatable bonds is 8. The fourth-order valence-corrected chi connectivity index (χ4v) is 1.70. The van der Waals surface area contributed by atoms with E-state index in [1.165, 1.54) is 11.8 Å². The molecular weight excluding hydrogens is 280 g/mol. The van der Waals surface area contributed by atoms with Crippen LogP contribution in [0.4, 0.5) is 4.79 Å². The largest absolute Gasteiger partial charge is 0.480 e. The highest BCUT2D eigenvalue weighted by molar-refractivity contribution is 5.90.